The maximum Gasteiger partial charge on any atom is 0.222 e. The second kappa shape index (κ2) is 4.45. The highest BCUT2D eigenvalue weighted by Gasteiger charge is 2.19. The van der Waals surface area contributed by atoms with Gasteiger partial charge in [0.05, 0.1) is 0 Å². The van der Waals surface area contributed by atoms with Crippen LogP contribution in [0.25, 0.3) is 0 Å². The minimum Gasteiger partial charge on any atom is -0.343 e. The van der Waals surface area contributed by atoms with Gasteiger partial charge in [0.15, 0.2) is 0 Å². The predicted molar refractivity (Wildman–Crippen MR) is 49.0 cm³/mol. The summed E-state index contributed by atoms with van der Waals surface area (Å²) in [6.45, 7) is 3.78. The Kier molecular flexibility index (Phi) is 3.53. The first kappa shape index (κ1) is 9.52. The lowest BCUT2D eigenvalue weighted by Crippen LogP contribution is -2.43. The summed E-state index contributed by atoms with van der Waals surface area (Å²) >= 11 is 0. The van der Waals surface area contributed by atoms with E-state index in [9.17, 15) is 4.79 Å². The quantitative estimate of drug-likeness (QED) is 0.658. The van der Waals surface area contributed by atoms with E-state index in [0.717, 1.165) is 25.9 Å². The van der Waals surface area contributed by atoms with Crippen LogP contribution in [0.2, 0.25) is 0 Å². The number of carbonyl (C=O) groups is 1. The Labute approximate surface area is 74.1 Å². The lowest BCUT2D eigenvalue weighted by molar-refractivity contribution is -0.131. The molecule has 1 saturated heterocycles. The van der Waals surface area contributed by atoms with E-state index >= 15 is 0 Å². The number of hydrogen-bond donors (Lipinski definition) is 1. The number of nitrogens with zero attached hydrogens (tertiary/aromatic N) is 1. The van der Waals surface area contributed by atoms with Crippen LogP contribution >= 0.6 is 0 Å². The second-order valence-electron chi connectivity index (χ2n) is 3.30. The van der Waals surface area contributed by atoms with Crippen LogP contribution in [0.1, 0.15) is 26.2 Å². The van der Waals surface area contributed by atoms with Crippen molar-refractivity contribution >= 4 is 5.91 Å². The fourth-order valence-corrected chi connectivity index (χ4v) is 1.64. The molecule has 0 unspecified atom stereocenters. The van der Waals surface area contributed by atoms with Crippen molar-refractivity contribution in [2.24, 2.45) is 0 Å². The largest absolute Gasteiger partial charge is 0.343 e. The summed E-state index contributed by atoms with van der Waals surface area (Å²) in [5.41, 5.74) is 0. The molecule has 3 heteroatoms. The third kappa shape index (κ3) is 2.21. The Morgan fingerprint density at radius 1 is 1.50 bits per heavy atom. The first-order valence-electron chi connectivity index (χ1n) is 4.73. The van der Waals surface area contributed by atoms with E-state index < -0.39 is 0 Å². The molecule has 0 bridgehead atoms. The molecule has 1 rings (SSSR count). The molecule has 1 fully saturated rings. The van der Waals surface area contributed by atoms with E-state index in [1.807, 2.05) is 18.9 Å². The summed E-state index contributed by atoms with van der Waals surface area (Å²) in [5, 5.41) is 3.24. The average Bonchev–Trinajstić information content (AvgIpc) is 2.17. The number of rotatable bonds is 2. The van der Waals surface area contributed by atoms with Gasteiger partial charge < -0.3 is 10.2 Å². The minimum atomic E-state index is 0.296. The van der Waals surface area contributed by atoms with Crippen molar-refractivity contribution in [1.29, 1.82) is 0 Å². The summed E-state index contributed by atoms with van der Waals surface area (Å²) in [6, 6.07) is 0.617. The molecule has 1 heterocycles. The lowest BCUT2D eigenvalue weighted by atomic mass is 10.1. The van der Waals surface area contributed by atoms with Crippen molar-refractivity contribution in [3.05, 3.63) is 0 Å². The maximum atomic E-state index is 11.3. The zero-order valence-electron chi connectivity index (χ0n) is 7.97. The Morgan fingerprint density at radius 3 is 2.50 bits per heavy atom. The fraction of sp³-hybridized carbons (Fsp3) is 0.889. The summed E-state index contributed by atoms with van der Waals surface area (Å²) in [6.07, 6.45) is 2.84. The molecule has 0 atom stereocenters. The third-order valence-electron chi connectivity index (χ3n) is 2.56. The van der Waals surface area contributed by atoms with E-state index in [1.165, 1.54) is 0 Å². The molecule has 0 aromatic heterocycles. The van der Waals surface area contributed by atoms with Crippen LogP contribution in [0.5, 0.6) is 0 Å². The molecule has 70 valence electrons. The van der Waals surface area contributed by atoms with Crippen molar-refractivity contribution in [3.63, 3.8) is 0 Å². The standard InChI is InChI=1S/C9H18N2O/c1-3-9(12)11-6-4-8(10-2)5-7-11/h8,10H,3-7H2,1-2H3. The average molecular weight is 170 g/mol. The van der Waals surface area contributed by atoms with Crippen LogP contribution in [0.4, 0.5) is 0 Å². The monoisotopic (exact) mass is 170 g/mol. The number of hydrogen-bond acceptors (Lipinski definition) is 2. The van der Waals surface area contributed by atoms with Gasteiger partial charge in [0.25, 0.3) is 0 Å². The molecular weight excluding hydrogens is 152 g/mol. The summed E-state index contributed by atoms with van der Waals surface area (Å²) in [4.78, 5) is 13.2. The van der Waals surface area contributed by atoms with Crippen molar-refractivity contribution in [1.82, 2.24) is 10.2 Å². The van der Waals surface area contributed by atoms with E-state index in [1.54, 1.807) is 0 Å². The van der Waals surface area contributed by atoms with Gasteiger partial charge in [0, 0.05) is 25.6 Å². The Morgan fingerprint density at radius 2 is 2.08 bits per heavy atom. The van der Waals surface area contributed by atoms with Gasteiger partial charge in [-0.25, -0.2) is 0 Å². The number of amides is 1. The zero-order chi connectivity index (χ0) is 8.97. The van der Waals surface area contributed by atoms with Crippen LogP contribution in [0, 0.1) is 0 Å². The number of likely N-dealkylation sites (tertiary alicyclic amines) is 1. The highest BCUT2D eigenvalue weighted by Crippen LogP contribution is 2.10. The second-order valence-corrected chi connectivity index (χ2v) is 3.30. The first-order valence-corrected chi connectivity index (χ1v) is 4.73. The van der Waals surface area contributed by atoms with Gasteiger partial charge in [-0.05, 0) is 19.9 Å². The molecule has 0 aromatic rings. The molecule has 1 amide bonds. The van der Waals surface area contributed by atoms with E-state index in [0.29, 0.717) is 18.4 Å². The molecule has 0 spiro atoms. The van der Waals surface area contributed by atoms with Gasteiger partial charge >= 0.3 is 0 Å². The van der Waals surface area contributed by atoms with Gasteiger partial charge in [-0.15, -0.1) is 0 Å². The van der Waals surface area contributed by atoms with Gasteiger partial charge in [0.2, 0.25) is 5.91 Å². The van der Waals surface area contributed by atoms with E-state index in [2.05, 4.69) is 5.32 Å². The van der Waals surface area contributed by atoms with Crippen molar-refractivity contribution in [3.8, 4) is 0 Å². The molecule has 1 aliphatic heterocycles. The summed E-state index contributed by atoms with van der Waals surface area (Å²) in [5.74, 6) is 0.296. The highest BCUT2D eigenvalue weighted by atomic mass is 16.2. The van der Waals surface area contributed by atoms with Crippen molar-refractivity contribution in [2.45, 2.75) is 32.2 Å². The fourth-order valence-electron chi connectivity index (χ4n) is 1.64. The highest BCUT2D eigenvalue weighted by molar-refractivity contribution is 5.75. The normalized spacial score (nSPS) is 19.7. The van der Waals surface area contributed by atoms with Gasteiger partial charge in [-0.1, -0.05) is 6.92 Å². The number of carbonyl (C=O) groups excluding carboxylic acids is 1. The van der Waals surface area contributed by atoms with Crippen LogP contribution in [-0.2, 0) is 4.79 Å². The smallest absolute Gasteiger partial charge is 0.222 e. The summed E-state index contributed by atoms with van der Waals surface area (Å²) in [7, 11) is 1.99. The molecule has 0 saturated carbocycles. The Hall–Kier alpha value is -0.570. The van der Waals surface area contributed by atoms with Crippen LogP contribution in [0.15, 0.2) is 0 Å². The maximum absolute atomic E-state index is 11.3. The van der Waals surface area contributed by atoms with Crippen LogP contribution in [-0.4, -0.2) is 37.0 Å². The summed E-state index contributed by atoms with van der Waals surface area (Å²) < 4.78 is 0. The third-order valence-corrected chi connectivity index (χ3v) is 2.56. The Balaban J connectivity index is 2.30. The predicted octanol–water partition coefficient (Wildman–Crippen LogP) is 0.607. The lowest BCUT2D eigenvalue weighted by Gasteiger charge is -2.31. The molecule has 12 heavy (non-hydrogen) atoms. The van der Waals surface area contributed by atoms with Crippen LogP contribution in [0.3, 0.4) is 0 Å². The van der Waals surface area contributed by atoms with Crippen LogP contribution < -0.4 is 5.32 Å². The Bertz CT molecular complexity index is 151. The number of piperidine rings is 1. The van der Waals surface area contributed by atoms with E-state index in [4.69, 9.17) is 0 Å². The van der Waals surface area contributed by atoms with Gasteiger partial charge in [-0.2, -0.15) is 0 Å². The first-order chi connectivity index (χ1) is 5.77. The van der Waals surface area contributed by atoms with Crippen molar-refractivity contribution in [2.75, 3.05) is 20.1 Å². The molecule has 1 N–H and O–H groups in total. The molecular formula is C9H18N2O. The van der Waals surface area contributed by atoms with Gasteiger partial charge in [0.1, 0.15) is 0 Å². The molecule has 0 radical (unpaired) electrons. The molecule has 0 aromatic carbocycles. The molecule has 1 aliphatic rings. The SMILES string of the molecule is CCC(=O)N1CCC(NC)CC1. The minimum absolute atomic E-state index is 0.296. The van der Waals surface area contributed by atoms with E-state index in [-0.39, 0.29) is 0 Å². The molecule has 0 aliphatic carbocycles. The molecule has 3 nitrogen and oxygen atoms in total. The van der Waals surface area contributed by atoms with Crippen molar-refractivity contribution < 1.29 is 4.79 Å². The zero-order valence-corrected chi connectivity index (χ0v) is 7.97. The topological polar surface area (TPSA) is 32.3 Å². The van der Waals surface area contributed by atoms with Gasteiger partial charge in [-0.3, -0.25) is 4.79 Å². The number of nitrogens with one attached hydrogen (secondary N) is 1.